The molecule has 0 aromatic carbocycles. The molecule has 3 unspecified atom stereocenters. The van der Waals surface area contributed by atoms with Crippen LogP contribution in [-0.2, 0) is 79.5 Å². The van der Waals surface area contributed by atoms with E-state index in [1.807, 2.05) is 57.4 Å². The Balaban J connectivity index is 0.000000138. The number of aryl methyl sites for hydroxylation is 5. The number of pyridine rings is 5. The SMILES string of the molecule is C1CCOC1.Cc1sc(C2CCCC2)cc1C(=O)c1cc(Cl)ncc1CCO.Cc1sc(C2OCCO2)cc1Br.Cc1sc(C2OCCO2)cc1C(O)c1cc(Cl)ncc1CCO.Cc1sc(C2OCCO2)cc1C1OCCc2cnc(Cl)cc21.Cc1sc(C=O)cc1C1OCCc2cnc(Cl)cc21.NCl.O=C1OCCc2cnc(Cl)cc21. The van der Waals surface area contributed by atoms with Crippen molar-refractivity contribution in [2.24, 2.45) is 5.25 Å². The molecular weight excluding hydrogens is 1800 g/mol. The molecule has 632 valence electrons. The number of ketones is 1. The molecule has 17 heterocycles. The zero-order valence-corrected chi connectivity index (χ0v) is 75.6. The van der Waals surface area contributed by atoms with E-state index < -0.39 is 6.10 Å². The normalized spacial score (nSPS) is 17.8. The van der Waals surface area contributed by atoms with Crippen LogP contribution in [0, 0.1) is 34.6 Å². The molecular formula is C84H91BrCl6N6O16S5. The molecule has 18 rings (SSSR count). The second-order valence-electron chi connectivity index (χ2n) is 27.8. The zero-order chi connectivity index (χ0) is 83.9. The Kier molecular flexibility index (Phi) is 36.8. The van der Waals surface area contributed by atoms with Crippen molar-refractivity contribution in [2.45, 2.75) is 148 Å². The lowest BCUT2D eigenvalue weighted by Crippen LogP contribution is -2.17. The van der Waals surface area contributed by atoms with E-state index in [9.17, 15) is 29.7 Å². The van der Waals surface area contributed by atoms with Gasteiger partial charge in [0.2, 0.25) is 0 Å². The highest BCUT2D eigenvalue weighted by Crippen LogP contribution is 2.45. The summed E-state index contributed by atoms with van der Waals surface area (Å²) in [5.74, 6) is 0.287. The number of aliphatic hydroxyl groups excluding tert-OH is 3. The van der Waals surface area contributed by atoms with Crippen molar-refractivity contribution in [3.63, 3.8) is 0 Å². The first-order valence-corrected chi connectivity index (χ1v) is 45.5. The average Bonchev–Trinajstić information content (AvgIpc) is 1.55. The van der Waals surface area contributed by atoms with Crippen LogP contribution in [0.4, 0.5) is 0 Å². The molecule has 8 aliphatic rings. The predicted molar refractivity (Wildman–Crippen MR) is 466 cm³/mol. The topological polar surface area (TPSA) is 295 Å². The summed E-state index contributed by atoms with van der Waals surface area (Å²) in [6, 6.07) is 18.7. The number of nitrogens with two attached hydrogens (primary N) is 1. The van der Waals surface area contributed by atoms with E-state index in [-0.39, 0.29) is 56.0 Å². The van der Waals surface area contributed by atoms with Gasteiger partial charge in [0.25, 0.3) is 0 Å². The van der Waals surface area contributed by atoms with Crippen molar-refractivity contribution in [1.82, 2.24) is 24.9 Å². The quantitative estimate of drug-likeness (QED) is 0.0244. The van der Waals surface area contributed by atoms with E-state index in [0.717, 1.165) is 122 Å². The van der Waals surface area contributed by atoms with Crippen LogP contribution in [0.25, 0.3) is 0 Å². The summed E-state index contributed by atoms with van der Waals surface area (Å²) in [4.78, 5) is 66.1. The molecule has 3 atom stereocenters. The van der Waals surface area contributed by atoms with Crippen molar-refractivity contribution >= 4 is 160 Å². The van der Waals surface area contributed by atoms with Crippen LogP contribution < -0.4 is 5.25 Å². The molecule has 0 amide bonds. The summed E-state index contributed by atoms with van der Waals surface area (Å²) < 4.78 is 55.8. The predicted octanol–water partition coefficient (Wildman–Crippen LogP) is 19.9. The summed E-state index contributed by atoms with van der Waals surface area (Å²) in [5, 5.41) is 35.1. The molecule has 5 fully saturated rings. The zero-order valence-electron chi connectivity index (χ0n) is 65.4. The number of aromatic nitrogens is 5. The molecule has 7 aliphatic heterocycles. The number of hydrogen-bond donors (Lipinski definition) is 4. The van der Waals surface area contributed by atoms with Gasteiger partial charge in [-0.1, -0.05) is 70.8 Å². The van der Waals surface area contributed by atoms with Gasteiger partial charge in [0.15, 0.2) is 30.9 Å². The molecule has 118 heavy (non-hydrogen) atoms. The minimum atomic E-state index is -0.830. The van der Waals surface area contributed by atoms with Crippen LogP contribution >= 0.6 is 142 Å². The molecule has 0 bridgehead atoms. The monoisotopic (exact) mass is 1890 g/mol. The number of rotatable bonds is 15. The molecule has 1 saturated carbocycles. The van der Waals surface area contributed by atoms with E-state index in [0.29, 0.717) is 121 Å². The first-order chi connectivity index (χ1) is 57.1. The molecule has 10 aromatic rings. The van der Waals surface area contributed by atoms with Gasteiger partial charge in [-0.25, -0.2) is 35.0 Å². The van der Waals surface area contributed by atoms with E-state index in [2.05, 4.69) is 89.9 Å². The number of nitrogens with zero attached hydrogens (tertiary/aromatic N) is 5. The number of halogens is 7. The van der Waals surface area contributed by atoms with Crippen molar-refractivity contribution in [1.29, 1.82) is 0 Å². The minimum Gasteiger partial charge on any atom is -0.462 e. The second-order valence-corrected chi connectivity index (χ2v) is 37.0. The van der Waals surface area contributed by atoms with Crippen LogP contribution in [0.15, 0.2) is 96.1 Å². The molecule has 0 radical (unpaired) electrons. The van der Waals surface area contributed by atoms with Gasteiger partial charge >= 0.3 is 5.97 Å². The van der Waals surface area contributed by atoms with Crippen LogP contribution in [0.2, 0.25) is 25.8 Å². The third-order valence-electron chi connectivity index (χ3n) is 20.0. The van der Waals surface area contributed by atoms with Crippen LogP contribution in [-0.4, -0.2) is 144 Å². The van der Waals surface area contributed by atoms with Crippen LogP contribution in [0.3, 0.4) is 0 Å². The van der Waals surface area contributed by atoms with E-state index in [1.54, 1.807) is 82.1 Å². The minimum absolute atomic E-state index is 0.0132. The Morgan fingerprint density at radius 1 is 0.483 bits per heavy atom. The number of aldehydes is 1. The molecule has 34 heteroatoms. The highest BCUT2D eigenvalue weighted by atomic mass is 79.9. The number of thiophene rings is 5. The Hall–Kier alpha value is -5.24. The summed E-state index contributed by atoms with van der Waals surface area (Å²) in [5.41, 5.74) is 12.5. The molecule has 22 nitrogen and oxygen atoms in total. The summed E-state index contributed by atoms with van der Waals surface area (Å²) in [6.45, 7) is 17.8. The summed E-state index contributed by atoms with van der Waals surface area (Å²) >= 11 is 45.4. The number of cyclic esters (lactones) is 1. The Bertz CT molecular complexity index is 4960. The van der Waals surface area contributed by atoms with Crippen LogP contribution in [0.5, 0.6) is 0 Å². The van der Waals surface area contributed by atoms with E-state index >= 15 is 0 Å². The first kappa shape index (κ1) is 93.5. The number of carbonyl (C=O) groups excluding carboxylic acids is 3. The van der Waals surface area contributed by atoms with Gasteiger partial charge in [0.1, 0.15) is 44.1 Å². The Morgan fingerprint density at radius 2 is 0.949 bits per heavy atom. The molecule has 0 spiro atoms. The molecule has 1 aliphatic carbocycles. The maximum Gasteiger partial charge on any atom is 0.338 e. The fraction of sp³-hybridized carbons (Fsp3) is 0.429. The van der Waals surface area contributed by atoms with Gasteiger partial charge in [-0.2, -0.15) is 0 Å². The first-order valence-electron chi connectivity index (χ1n) is 38.3. The smallest absolute Gasteiger partial charge is 0.338 e. The maximum absolute atomic E-state index is 13.0. The van der Waals surface area contributed by atoms with Gasteiger partial charge < -0.3 is 62.7 Å². The van der Waals surface area contributed by atoms with Crippen molar-refractivity contribution < 1.29 is 77.1 Å². The lowest BCUT2D eigenvalue weighted by Gasteiger charge is -2.26. The lowest BCUT2D eigenvalue weighted by molar-refractivity contribution is -0.0416. The van der Waals surface area contributed by atoms with Gasteiger partial charge in [-0.3, -0.25) is 9.59 Å². The Morgan fingerprint density at radius 3 is 1.48 bits per heavy atom. The average molecular weight is 1890 g/mol. The number of hydrogen-bond acceptors (Lipinski definition) is 27. The Labute approximate surface area is 744 Å². The number of esters is 1. The number of fused-ring (bicyclic) bond motifs is 3. The number of ether oxygens (including phenoxy) is 10. The molecule has 5 N–H and O–H groups in total. The van der Waals surface area contributed by atoms with Crippen molar-refractivity contribution in [3.05, 3.63) is 249 Å². The van der Waals surface area contributed by atoms with Crippen molar-refractivity contribution in [3.8, 4) is 0 Å². The molecule has 4 saturated heterocycles. The largest absolute Gasteiger partial charge is 0.462 e. The lowest BCUT2D eigenvalue weighted by atomic mass is 9.95. The molecule has 10 aromatic heterocycles. The van der Waals surface area contributed by atoms with Gasteiger partial charge in [0.05, 0.1) is 84.5 Å². The van der Waals surface area contributed by atoms with E-state index in [1.165, 1.54) is 81.2 Å². The van der Waals surface area contributed by atoms with E-state index in [4.69, 9.17) is 105 Å². The summed E-state index contributed by atoms with van der Waals surface area (Å²) in [7, 11) is 0. The third kappa shape index (κ3) is 25.1. The standard InChI is InChI=1S/C18H20ClNO2S.C16H18ClNO4S.C16H16ClNO3S.C14H12ClNO2S.C8H9BrO2S.C8H6ClNO2.C4H8O.ClH2N/c1-11-14(8-16(23-11)12-4-2-3-5-12)18(22)15-9-17(19)20-10-13(15)6-7-21;1-9-11(6-13(23-9)16-21-4-5-22-16)15(20)12-7-14(17)18-8-10(12)2-3-19;1-9-11(6-13(22-9)16-20-4-5-21-16)15-12-7-14(17)18-8-10(12)2-3-19-15;1-8-11(4-10(7-17)19-8)14-12-5-13(15)16-6-9(12)2-3-18-14;1-5-6(9)4-7(12-5)8-10-2-3-11-8;9-7-3-6-5(4-10-7)1-2-12-8(6)11;1-2-4-5-3-1;1-2/h8-10,12,21H,2-7H2,1H3;6-8,15-16,19-20H,2-5H2,1H3;6-8,15-16H,2-5H2,1H3;4-7,14H,2-3H2,1H3;4,8H,2-3H2,1H3;3-4H,1-2H2;1-4H2;2H2. The fourth-order valence-corrected chi connectivity index (χ4v) is 20.7. The van der Waals surface area contributed by atoms with Crippen LogP contribution in [0.1, 0.15) is 223 Å². The maximum atomic E-state index is 13.0. The van der Waals surface area contributed by atoms with Gasteiger partial charge in [-0.15, -0.1) is 56.7 Å². The highest BCUT2D eigenvalue weighted by molar-refractivity contribution is 9.10. The summed E-state index contributed by atoms with van der Waals surface area (Å²) in [6.07, 6.45) is 18.4. The highest BCUT2D eigenvalue weighted by Gasteiger charge is 2.33. The van der Waals surface area contributed by atoms with Crippen molar-refractivity contribution in [2.75, 3.05) is 85.9 Å². The number of aliphatic hydroxyl groups is 3. The second kappa shape index (κ2) is 46.5. The van der Waals surface area contributed by atoms with Gasteiger partial charge in [0, 0.05) is 109 Å². The third-order valence-corrected chi connectivity index (χ3v) is 27.6. The number of carbonyl (C=O) groups is 3. The van der Waals surface area contributed by atoms with Gasteiger partial charge in [-0.05, 0) is 241 Å². The fourth-order valence-electron chi connectivity index (χ4n) is 14.1.